The minimum Gasteiger partial charge on any atom is -0.456 e. The maximum atomic E-state index is 6.20. The second-order valence-corrected chi connectivity index (χ2v) is 15.9. The molecule has 0 radical (unpaired) electrons. The van der Waals surface area contributed by atoms with Crippen LogP contribution in [0.15, 0.2) is 68.0 Å². The van der Waals surface area contributed by atoms with Crippen LogP contribution >= 0.6 is 83.1 Å². The summed E-state index contributed by atoms with van der Waals surface area (Å²) in [5, 5.41) is 0. The number of hydrogen-bond acceptors (Lipinski definition) is 9. The van der Waals surface area contributed by atoms with E-state index in [1.54, 1.807) is 0 Å². The Morgan fingerprint density at radius 3 is 0.756 bits per heavy atom. The Labute approximate surface area is 300 Å². The summed E-state index contributed by atoms with van der Waals surface area (Å²) in [6.45, 7) is -0.0360. The molecular formula is C33H27Br3O6S3. The summed E-state index contributed by atoms with van der Waals surface area (Å²) in [5.74, 6) is 8.80. The van der Waals surface area contributed by atoms with Gasteiger partial charge < -0.3 is 28.4 Å². The van der Waals surface area contributed by atoms with E-state index >= 15 is 0 Å². The molecule has 4 heterocycles. The molecule has 0 unspecified atom stereocenters. The van der Waals surface area contributed by atoms with Crippen LogP contribution in [0.3, 0.4) is 0 Å². The molecule has 234 valence electrons. The Bertz CT molecular complexity index is 1450. The lowest BCUT2D eigenvalue weighted by Crippen LogP contribution is -2.12. The van der Waals surface area contributed by atoms with Crippen molar-refractivity contribution in [3.05, 3.63) is 101 Å². The molecule has 0 atom stereocenters. The molecule has 0 amide bonds. The average molecular weight is 855 g/mol. The van der Waals surface area contributed by atoms with Gasteiger partial charge in [-0.3, -0.25) is 0 Å². The molecular weight excluding hydrogens is 828 g/mol. The molecule has 0 aromatic heterocycles. The van der Waals surface area contributed by atoms with E-state index in [1.807, 2.05) is 71.7 Å². The lowest BCUT2D eigenvalue weighted by molar-refractivity contribution is 0.103. The van der Waals surface area contributed by atoms with Gasteiger partial charge in [0.15, 0.2) is 0 Å². The fraction of sp³-hybridized carbons (Fsp3) is 0.273. The van der Waals surface area contributed by atoms with Crippen LogP contribution in [0.2, 0.25) is 0 Å². The highest BCUT2D eigenvalue weighted by Gasteiger charge is 2.19. The normalized spacial score (nSPS) is 16.3. The summed E-state index contributed by atoms with van der Waals surface area (Å²) < 4.78 is 39.2. The summed E-state index contributed by atoms with van der Waals surface area (Å²) in [7, 11) is 0. The Hall–Kier alpha value is -1.83. The molecule has 12 heteroatoms. The van der Waals surface area contributed by atoms with Crippen LogP contribution in [0, 0.1) is 0 Å². The van der Waals surface area contributed by atoms with Crippen molar-refractivity contribution in [1.29, 1.82) is 0 Å². The zero-order valence-corrected chi connectivity index (χ0v) is 31.1. The van der Waals surface area contributed by atoms with Crippen LogP contribution in [0.5, 0.6) is 34.5 Å². The lowest BCUT2D eigenvalue weighted by atomic mass is 10.1. The Morgan fingerprint density at radius 1 is 0.333 bits per heavy atom. The first-order valence-electron chi connectivity index (χ1n) is 14.1. The van der Waals surface area contributed by atoms with Gasteiger partial charge in [-0.1, -0.05) is 18.2 Å². The predicted octanol–water partition coefficient (Wildman–Crippen LogP) is 10.5. The second kappa shape index (κ2) is 14.5. The highest BCUT2D eigenvalue weighted by atomic mass is 79.9. The van der Waals surface area contributed by atoms with Gasteiger partial charge in [-0.05, 0) is 118 Å². The highest BCUT2D eigenvalue weighted by Crippen LogP contribution is 2.42. The predicted molar refractivity (Wildman–Crippen MR) is 192 cm³/mol. The zero-order valence-electron chi connectivity index (χ0n) is 23.9. The number of benzene rings is 4. The topological polar surface area (TPSA) is 55.4 Å². The third kappa shape index (κ3) is 7.67. The van der Waals surface area contributed by atoms with Crippen LogP contribution in [0.1, 0.15) is 33.4 Å². The van der Waals surface area contributed by atoms with Crippen molar-refractivity contribution in [3.63, 3.8) is 0 Å². The van der Waals surface area contributed by atoms with Crippen LogP contribution in [0.25, 0.3) is 0 Å². The van der Waals surface area contributed by atoms with Gasteiger partial charge in [0.1, 0.15) is 47.9 Å². The van der Waals surface area contributed by atoms with Crippen molar-refractivity contribution >= 4 is 83.1 Å². The molecule has 0 saturated heterocycles. The summed E-state index contributed by atoms with van der Waals surface area (Å²) >= 11 is 16.7. The van der Waals surface area contributed by atoms with E-state index in [0.29, 0.717) is 47.9 Å². The molecule has 8 rings (SSSR count). The Morgan fingerprint density at radius 2 is 0.533 bits per heavy atom. The summed E-state index contributed by atoms with van der Waals surface area (Å²) in [6, 6.07) is 19.3. The van der Waals surface area contributed by atoms with Crippen molar-refractivity contribution in [2.75, 3.05) is 20.4 Å². The van der Waals surface area contributed by atoms with E-state index in [-0.39, 0.29) is 20.4 Å². The number of thioether (sulfide) groups is 3. The van der Waals surface area contributed by atoms with Crippen LogP contribution < -0.4 is 28.4 Å². The van der Waals surface area contributed by atoms with Crippen molar-refractivity contribution < 1.29 is 28.4 Å². The number of rotatable bonds is 0. The van der Waals surface area contributed by atoms with E-state index in [4.69, 9.17) is 28.4 Å². The Balaban J connectivity index is 1.40. The number of hydrogen-bond donors (Lipinski definition) is 0. The van der Waals surface area contributed by atoms with E-state index < -0.39 is 0 Å². The molecule has 4 aliphatic heterocycles. The Kier molecular flexibility index (Phi) is 10.2. The van der Waals surface area contributed by atoms with Gasteiger partial charge in [0.25, 0.3) is 0 Å². The molecule has 0 saturated carbocycles. The molecule has 45 heavy (non-hydrogen) atoms. The molecule has 12 bridgehead atoms. The fourth-order valence-corrected chi connectivity index (χ4v) is 9.27. The molecule has 0 aliphatic carbocycles. The molecule has 4 aromatic carbocycles. The fourth-order valence-electron chi connectivity index (χ4n) is 5.18. The summed E-state index contributed by atoms with van der Waals surface area (Å²) in [4.78, 5) is 0. The smallest absolute Gasteiger partial charge is 0.231 e. The standard InChI is InChI=1S/C33H27Br3O6S3/c34-31-25-4-22-6-27(31)39-17-41-29-8-24-9-30(33(29)36)42-18-40-28-7-23(5-26(32(28)35)38-16-37-25)14-44-11-20-1-19(10-43-13-22)2-21(3-20)12-45-15-24/h1-9H,10-18H2. The summed E-state index contributed by atoms with van der Waals surface area (Å²) in [6.07, 6.45) is 0. The quantitative estimate of drug-likeness (QED) is 0.172. The van der Waals surface area contributed by atoms with E-state index in [1.165, 1.54) is 16.7 Å². The lowest BCUT2D eigenvalue weighted by Gasteiger charge is -2.20. The summed E-state index contributed by atoms with van der Waals surface area (Å²) in [5.41, 5.74) is 7.22. The van der Waals surface area contributed by atoms with Crippen molar-refractivity contribution in [2.45, 2.75) is 34.5 Å². The molecule has 4 aliphatic rings. The zero-order chi connectivity index (χ0) is 30.8. The molecule has 0 fully saturated rings. The third-order valence-corrected chi connectivity index (χ3v) is 12.8. The van der Waals surface area contributed by atoms with Crippen molar-refractivity contribution in [1.82, 2.24) is 0 Å². The first-order chi connectivity index (χ1) is 22.0. The van der Waals surface area contributed by atoms with Crippen LogP contribution in [0.4, 0.5) is 0 Å². The molecule has 6 nitrogen and oxygen atoms in total. The number of fused-ring (bicyclic) bond motifs is 12. The van der Waals surface area contributed by atoms with Gasteiger partial charge in [0, 0.05) is 34.5 Å². The first-order valence-corrected chi connectivity index (χ1v) is 19.9. The van der Waals surface area contributed by atoms with Gasteiger partial charge in [-0.2, -0.15) is 35.3 Å². The van der Waals surface area contributed by atoms with E-state index in [0.717, 1.165) is 51.2 Å². The minimum absolute atomic E-state index is 0.0120. The van der Waals surface area contributed by atoms with Gasteiger partial charge in [-0.15, -0.1) is 0 Å². The van der Waals surface area contributed by atoms with Crippen LogP contribution in [-0.2, 0) is 34.5 Å². The number of halogens is 3. The monoisotopic (exact) mass is 852 g/mol. The van der Waals surface area contributed by atoms with Gasteiger partial charge in [-0.25, -0.2) is 0 Å². The van der Waals surface area contributed by atoms with Gasteiger partial charge in [0.2, 0.25) is 20.4 Å². The maximum Gasteiger partial charge on any atom is 0.231 e. The second-order valence-electron chi connectivity index (χ2n) is 10.6. The van der Waals surface area contributed by atoms with Crippen molar-refractivity contribution in [3.8, 4) is 34.5 Å². The number of ether oxygens (including phenoxy) is 6. The minimum atomic E-state index is -0.0120. The molecule has 0 spiro atoms. The van der Waals surface area contributed by atoms with E-state index in [2.05, 4.69) is 66.0 Å². The van der Waals surface area contributed by atoms with Gasteiger partial charge in [0.05, 0.1) is 0 Å². The third-order valence-electron chi connectivity index (χ3n) is 7.21. The largest absolute Gasteiger partial charge is 0.456 e. The van der Waals surface area contributed by atoms with Gasteiger partial charge >= 0.3 is 0 Å². The van der Waals surface area contributed by atoms with Crippen LogP contribution in [-0.4, -0.2) is 20.4 Å². The van der Waals surface area contributed by atoms with E-state index in [9.17, 15) is 0 Å². The average Bonchev–Trinajstić information content (AvgIpc) is 3.01. The maximum absolute atomic E-state index is 6.20. The molecule has 0 N–H and O–H groups in total. The SMILES string of the molecule is Brc1c2cc3cc1OCOc1cc4cc(c1Br)OCOc1cc(cc(c1Br)OCO2)CSCc1cc(cc(c1)CSC4)CSC3. The van der Waals surface area contributed by atoms with Crippen molar-refractivity contribution in [2.24, 2.45) is 0 Å². The first kappa shape index (κ1) is 31.8. The highest BCUT2D eigenvalue weighted by molar-refractivity contribution is 9.11. The molecule has 4 aromatic rings.